The van der Waals surface area contributed by atoms with Crippen molar-refractivity contribution in [1.29, 1.82) is 0 Å². The van der Waals surface area contributed by atoms with Gasteiger partial charge in [-0.1, -0.05) is 17.3 Å². The maximum absolute atomic E-state index is 13.0. The number of H-pyrrole nitrogens is 1. The number of nitrogens with one attached hydrogen (secondary N) is 2. The standard InChI is InChI=1S/C18H14FN5OS/c19-14-3-1-12(2-4-14)13-7-17(20-8-13)18(25)21-9-15-10-24(23-22-15)16-5-6-26-11-16/h1-8,10-11,20H,9H2,(H,21,25). The summed E-state index contributed by atoms with van der Waals surface area (Å²) < 4.78 is 14.7. The molecule has 3 heterocycles. The minimum absolute atomic E-state index is 0.247. The molecular weight excluding hydrogens is 353 g/mol. The maximum Gasteiger partial charge on any atom is 0.268 e. The van der Waals surface area contributed by atoms with E-state index in [4.69, 9.17) is 0 Å². The molecule has 0 spiro atoms. The Labute approximate surface area is 152 Å². The molecule has 0 atom stereocenters. The van der Waals surface area contributed by atoms with Gasteiger partial charge in [0.2, 0.25) is 0 Å². The number of halogens is 1. The molecule has 0 radical (unpaired) electrons. The lowest BCUT2D eigenvalue weighted by Gasteiger charge is -2.00. The van der Waals surface area contributed by atoms with Crippen molar-refractivity contribution < 1.29 is 9.18 Å². The monoisotopic (exact) mass is 367 g/mol. The summed E-state index contributed by atoms with van der Waals surface area (Å²) in [6.07, 6.45) is 3.50. The van der Waals surface area contributed by atoms with Gasteiger partial charge in [-0.25, -0.2) is 9.07 Å². The number of rotatable bonds is 5. The largest absolute Gasteiger partial charge is 0.357 e. The summed E-state index contributed by atoms with van der Waals surface area (Å²) in [5.74, 6) is -0.541. The van der Waals surface area contributed by atoms with Gasteiger partial charge in [0, 0.05) is 11.6 Å². The minimum Gasteiger partial charge on any atom is -0.357 e. The molecule has 0 bridgehead atoms. The molecule has 130 valence electrons. The molecule has 0 aliphatic heterocycles. The summed E-state index contributed by atoms with van der Waals surface area (Å²) in [6, 6.07) is 9.78. The van der Waals surface area contributed by atoms with Crippen LogP contribution in [0.25, 0.3) is 16.8 Å². The van der Waals surface area contributed by atoms with Crippen LogP contribution in [0.2, 0.25) is 0 Å². The summed E-state index contributed by atoms with van der Waals surface area (Å²) in [5, 5.41) is 14.8. The lowest BCUT2D eigenvalue weighted by molar-refractivity contribution is 0.0946. The van der Waals surface area contributed by atoms with E-state index in [0.29, 0.717) is 11.4 Å². The molecule has 4 aromatic rings. The molecule has 2 N–H and O–H groups in total. The van der Waals surface area contributed by atoms with Gasteiger partial charge in [0.1, 0.15) is 17.2 Å². The SMILES string of the molecule is O=C(NCc1cn(-c2ccsc2)nn1)c1cc(-c2ccc(F)cc2)c[nH]1. The predicted molar refractivity (Wildman–Crippen MR) is 96.6 cm³/mol. The average molecular weight is 367 g/mol. The lowest BCUT2D eigenvalue weighted by atomic mass is 10.1. The van der Waals surface area contributed by atoms with Crippen molar-refractivity contribution in [3.63, 3.8) is 0 Å². The quantitative estimate of drug-likeness (QED) is 0.568. The Morgan fingerprint density at radius 2 is 2.08 bits per heavy atom. The molecule has 4 rings (SSSR count). The van der Waals surface area contributed by atoms with Gasteiger partial charge in [0.05, 0.1) is 18.4 Å². The van der Waals surface area contributed by atoms with E-state index in [2.05, 4.69) is 20.6 Å². The second-order valence-corrected chi connectivity index (χ2v) is 6.41. The number of aromatic amines is 1. The predicted octanol–water partition coefficient (Wildman–Crippen LogP) is 3.39. The first-order valence-corrected chi connectivity index (χ1v) is 8.80. The second-order valence-electron chi connectivity index (χ2n) is 5.63. The number of nitrogens with zero attached hydrogens (tertiary/aromatic N) is 3. The second kappa shape index (κ2) is 6.93. The zero-order valence-corrected chi connectivity index (χ0v) is 14.3. The molecule has 0 aliphatic rings. The zero-order valence-electron chi connectivity index (χ0n) is 13.5. The van der Waals surface area contributed by atoms with Crippen LogP contribution in [0.3, 0.4) is 0 Å². The first-order valence-electron chi connectivity index (χ1n) is 7.85. The van der Waals surface area contributed by atoms with Gasteiger partial charge >= 0.3 is 0 Å². The Balaban J connectivity index is 1.40. The van der Waals surface area contributed by atoms with E-state index in [0.717, 1.165) is 16.8 Å². The van der Waals surface area contributed by atoms with Crippen molar-refractivity contribution in [3.8, 4) is 16.8 Å². The van der Waals surface area contributed by atoms with Crippen molar-refractivity contribution in [1.82, 2.24) is 25.3 Å². The highest BCUT2D eigenvalue weighted by molar-refractivity contribution is 7.08. The summed E-state index contributed by atoms with van der Waals surface area (Å²) in [7, 11) is 0. The summed E-state index contributed by atoms with van der Waals surface area (Å²) in [4.78, 5) is 15.2. The van der Waals surface area contributed by atoms with Gasteiger partial charge < -0.3 is 10.3 Å². The van der Waals surface area contributed by atoms with Crippen molar-refractivity contribution in [2.24, 2.45) is 0 Å². The first kappa shape index (κ1) is 16.2. The molecule has 0 fully saturated rings. The number of hydrogen-bond donors (Lipinski definition) is 2. The Hall–Kier alpha value is -3.26. The molecular formula is C18H14FN5OS. The van der Waals surface area contributed by atoms with Gasteiger partial charge in [-0.15, -0.1) is 5.10 Å². The highest BCUT2D eigenvalue weighted by Gasteiger charge is 2.11. The summed E-state index contributed by atoms with van der Waals surface area (Å²) in [5.41, 5.74) is 3.68. The summed E-state index contributed by atoms with van der Waals surface area (Å²) >= 11 is 1.58. The van der Waals surface area contributed by atoms with E-state index < -0.39 is 0 Å². The Bertz CT molecular complexity index is 1020. The molecule has 1 aromatic carbocycles. The van der Waals surface area contributed by atoms with Gasteiger partial charge in [-0.05, 0) is 40.8 Å². The zero-order chi connectivity index (χ0) is 17.9. The van der Waals surface area contributed by atoms with Gasteiger partial charge in [0.15, 0.2) is 0 Å². The third-order valence-corrected chi connectivity index (χ3v) is 4.52. The topological polar surface area (TPSA) is 75.6 Å². The molecule has 0 aliphatic carbocycles. The number of hydrogen-bond acceptors (Lipinski definition) is 4. The van der Waals surface area contributed by atoms with E-state index in [1.165, 1.54) is 12.1 Å². The molecule has 6 nitrogen and oxygen atoms in total. The average Bonchev–Trinajstić information content (AvgIpc) is 3.41. The Morgan fingerprint density at radius 1 is 1.23 bits per heavy atom. The number of aromatic nitrogens is 4. The summed E-state index contributed by atoms with van der Waals surface area (Å²) in [6.45, 7) is 0.272. The van der Waals surface area contributed by atoms with Crippen molar-refractivity contribution >= 4 is 17.2 Å². The number of amides is 1. The van der Waals surface area contributed by atoms with Crippen molar-refractivity contribution in [2.45, 2.75) is 6.54 Å². The molecule has 26 heavy (non-hydrogen) atoms. The van der Waals surface area contributed by atoms with E-state index >= 15 is 0 Å². The van der Waals surface area contributed by atoms with Crippen LogP contribution in [0, 0.1) is 5.82 Å². The van der Waals surface area contributed by atoms with E-state index in [1.807, 2.05) is 16.8 Å². The lowest BCUT2D eigenvalue weighted by Crippen LogP contribution is -2.23. The smallest absolute Gasteiger partial charge is 0.268 e. The number of carbonyl (C=O) groups excluding carboxylic acids is 1. The van der Waals surface area contributed by atoms with Crippen LogP contribution in [0.5, 0.6) is 0 Å². The van der Waals surface area contributed by atoms with E-state index in [-0.39, 0.29) is 18.3 Å². The van der Waals surface area contributed by atoms with Crippen LogP contribution < -0.4 is 5.32 Å². The normalized spacial score (nSPS) is 10.8. The highest BCUT2D eigenvalue weighted by Crippen LogP contribution is 2.20. The molecule has 0 saturated carbocycles. The Kier molecular flexibility index (Phi) is 4.32. The molecule has 0 unspecified atom stereocenters. The molecule has 8 heteroatoms. The molecule has 1 amide bonds. The Morgan fingerprint density at radius 3 is 2.85 bits per heavy atom. The van der Waals surface area contributed by atoms with E-state index in [9.17, 15) is 9.18 Å². The fourth-order valence-corrected chi connectivity index (χ4v) is 3.12. The van der Waals surface area contributed by atoms with Crippen LogP contribution >= 0.6 is 11.3 Å². The molecule has 3 aromatic heterocycles. The fraction of sp³-hybridized carbons (Fsp3) is 0.0556. The molecule has 0 saturated heterocycles. The number of benzene rings is 1. The first-order chi connectivity index (χ1) is 12.7. The fourth-order valence-electron chi connectivity index (χ4n) is 2.49. The van der Waals surface area contributed by atoms with Gasteiger partial charge in [-0.2, -0.15) is 11.3 Å². The number of carbonyl (C=O) groups is 1. The third kappa shape index (κ3) is 3.40. The van der Waals surface area contributed by atoms with Crippen molar-refractivity contribution in [2.75, 3.05) is 0 Å². The van der Waals surface area contributed by atoms with Crippen LogP contribution in [-0.4, -0.2) is 25.9 Å². The minimum atomic E-state index is -0.294. The van der Waals surface area contributed by atoms with E-state index in [1.54, 1.807) is 46.6 Å². The van der Waals surface area contributed by atoms with Crippen LogP contribution in [0.15, 0.2) is 59.6 Å². The third-order valence-electron chi connectivity index (χ3n) is 3.85. The van der Waals surface area contributed by atoms with Crippen LogP contribution in [0.4, 0.5) is 4.39 Å². The van der Waals surface area contributed by atoms with Gasteiger partial charge in [-0.3, -0.25) is 4.79 Å². The highest BCUT2D eigenvalue weighted by atomic mass is 32.1. The van der Waals surface area contributed by atoms with Gasteiger partial charge in [0.25, 0.3) is 5.91 Å². The van der Waals surface area contributed by atoms with Crippen LogP contribution in [0.1, 0.15) is 16.2 Å². The van der Waals surface area contributed by atoms with Crippen LogP contribution in [-0.2, 0) is 6.54 Å². The maximum atomic E-state index is 13.0. The number of thiophene rings is 1. The van der Waals surface area contributed by atoms with Crippen molar-refractivity contribution in [3.05, 3.63) is 76.8 Å².